The minimum Gasteiger partial charge on any atom is -0.507 e. The minimum absolute atomic E-state index is 0.120. The number of hydrogen-bond acceptors (Lipinski definition) is 2. The first-order valence-corrected chi connectivity index (χ1v) is 15.3. The molecule has 0 aliphatic rings. The van der Waals surface area contributed by atoms with Crippen LogP contribution in [-0.4, -0.2) is 5.11 Å². The van der Waals surface area contributed by atoms with Gasteiger partial charge in [0.1, 0.15) is 5.75 Å². The van der Waals surface area contributed by atoms with Gasteiger partial charge < -0.3 is 10.0 Å². The maximum Gasteiger partial charge on any atom is 0.123 e. The third-order valence-electron chi connectivity index (χ3n) is 7.71. The van der Waals surface area contributed by atoms with Gasteiger partial charge in [-0.25, -0.2) is 0 Å². The van der Waals surface area contributed by atoms with Crippen LogP contribution >= 0.6 is 8.58 Å². The molecule has 0 heterocycles. The predicted molar refractivity (Wildman–Crippen MR) is 172 cm³/mol. The molecule has 4 aromatic carbocycles. The Morgan fingerprint density at radius 1 is 0.744 bits per heavy atom. The van der Waals surface area contributed by atoms with Gasteiger partial charge in [0.05, 0.1) is 0 Å². The van der Waals surface area contributed by atoms with E-state index in [0.717, 1.165) is 36.9 Å². The molecule has 0 bridgehead atoms. The van der Waals surface area contributed by atoms with E-state index in [1.165, 1.54) is 27.8 Å². The summed E-state index contributed by atoms with van der Waals surface area (Å²) < 4.78 is 0. The Labute approximate surface area is 237 Å². The van der Waals surface area contributed by atoms with Crippen molar-refractivity contribution in [1.29, 1.82) is 0 Å². The second-order valence-corrected chi connectivity index (χ2v) is 13.4. The van der Waals surface area contributed by atoms with Gasteiger partial charge in [-0.05, 0) is 65.9 Å². The predicted octanol–water partition coefficient (Wildman–Crippen LogP) is 9.75. The first kappa shape index (κ1) is 28.9. The largest absolute Gasteiger partial charge is 0.507 e. The average Bonchev–Trinajstić information content (AvgIpc) is 2.93. The Balaban J connectivity index is 1.80. The highest BCUT2D eigenvalue weighted by Gasteiger charge is 2.35. The number of aryl methyl sites for hydroxylation is 1. The van der Waals surface area contributed by atoms with Gasteiger partial charge in [0.25, 0.3) is 0 Å². The van der Waals surface area contributed by atoms with Crippen LogP contribution < -0.4 is 10.2 Å². The lowest BCUT2D eigenvalue weighted by Crippen LogP contribution is -2.27. The van der Waals surface area contributed by atoms with Gasteiger partial charge in [-0.1, -0.05) is 128 Å². The molecule has 0 radical (unpaired) electrons. The quantitative estimate of drug-likeness (QED) is 0.204. The van der Waals surface area contributed by atoms with Crippen molar-refractivity contribution in [2.45, 2.75) is 77.9 Å². The molecule has 1 N–H and O–H groups in total. The number of nitrogens with zero attached hydrogens (tertiary/aromatic N) is 1. The van der Waals surface area contributed by atoms with Crippen LogP contribution in [-0.2, 0) is 17.1 Å². The van der Waals surface area contributed by atoms with Crippen molar-refractivity contribution in [1.82, 2.24) is 0 Å². The molecule has 4 rings (SSSR count). The van der Waals surface area contributed by atoms with Gasteiger partial charge in [-0.3, -0.25) is 0 Å². The van der Waals surface area contributed by atoms with Crippen molar-refractivity contribution in [2.75, 3.05) is 4.90 Å². The SMILES string of the molecule is CCCC(CC)(Pc1ccccc1CN(c1ccccc1)c1ccccc1)c1cc(C)cc(C(C)(C)C)c1O. The Morgan fingerprint density at radius 2 is 1.28 bits per heavy atom. The number of para-hydroxylation sites is 2. The first-order valence-electron chi connectivity index (χ1n) is 14.3. The minimum atomic E-state index is -0.122. The fourth-order valence-electron chi connectivity index (χ4n) is 5.62. The summed E-state index contributed by atoms with van der Waals surface area (Å²) >= 11 is 0. The summed E-state index contributed by atoms with van der Waals surface area (Å²) in [4.78, 5) is 2.40. The third-order valence-corrected chi connectivity index (χ3v) is 9.82. The van der Waals surface area contributed by atoms with Crippen molar-refractivity contribution < 1.29 is 5.11 Å². The maximum atomic E-state index is 11.7. The topological polar surface area (TPSA) is 23.5 Å². The van der Waals surface area contributed by atoms with Crippen molar-refractivity contribution in [3.63, 3.8) is 0 Å². The molecular weight excluding hydrogens is 493 g/mol. The second kappa shape index (κ2) is 12.4. The maximum absolute atomic E-state index is 11.7. The molecule has 0 fully saturated rings. The number of phenols is 1. The lowest BCUT2D eigenvalue weighted by atomic mass is 9.80. The number of rotatable bonds is 10. The first-order chi connectivity index (χ1) is 18.7. The van der Waals surface area contributed by atoms with Crippen LogP contribution in [0.1, 0.15) is 76.1 Å². The Morgan fingerprint density at radius 3 is 1.82 bits per heavy atom. The van der Waals surface area contributed by atoms with Gasteiger partial charge in [-0.15, -0.1) is 0 Å². The molecule has 2 unspecified atom stereocenters. The monoisotopic (exact) mass is 537 g/mol. The van der Waals surface area contributed by atoms with Gasteiger partial charge >= 0.3 is 0 Å². The molecule has 2 atom stereocenters. The molecule has 3 heteroatoms. The van der Waals surface area contributed by atoms with Crippen LogP contribution in [0.3, 0.4) is 0 Å². The fraction of sp³-hybridized carbons (Fsp3) is 0.333. The van der Waals surface area contributed by atoms with Crippen molar-refractivity contribution >= 4 is 25.3 Å². The number of benzene rings is 4. The highest BCUT2D eigenvalue weighted by molar-refractivity contribution is 7.48. The van der Waals surface area contributed by atoms with Crippen LogP contribution in [0.5, 0.6) is 5.75 Å². The van der Waals surface area contributed by atoms with E-state index in [0.29, 0.717) is 14.3 Å². The molecule has 2 nitrogen and oxygen atoms in total. The van der Waals surface area contributed by atoms with Crippen LogP contribution in [0.4, 0.5) is 11.4 Å². The molecule has 39 heavy (non-hydrogen) atoms. The molecule has 0 saturated heterocycles. The summed E-state index contributed by atoms with van der Waals surface area (Å²) in [6.07, 6.45) is 3.09. The third kappa shape index (κ3) is 6.56. The summed E-state index contributed by atoms with van der Waals surface area (Å²) in [6.45, 7) is 14.1. The molecule has 0 saturated carbocycles. The van der Waals surface area contributed by atoms with E-state index in [9.17, 15) is 5.11 Å². The number of phenolic OH excluding ortho intramolecular Hbond substituents is 1. The van der Waals surface area contributed by atoms with Crippen LogP contribution in [0.15, 0.2) is 97.1 Å². The van der Waals surface area contributed by atoms with Crippen molar-refractivity contribution in [3.8, 4) is 5.75 Å². The van der Waals surface area contributed by atoms with Gasteiger partial charge in [-0.2, -0.15) is 0 Å². The normalized spacial score (nSPS) is 13.5. The smallest absolute Gasteiger partial charge is 0.123 e. The van der Waals surface area contributed by atoms with Crippen molar-refractivity contribution in [3.05, 3.63) is 119 Å². The standard InChI is InChI=1S/C36H44NOP/c1-7-23-36(8-2,32-25-27(3)24-31(34(32)38)35(4,5)6)39-33-22-16-15-17-28(33)26-37(29-18-11-9-12-19-29)30-20-13-10-14-21-30/h9-22,24-25,38-39H,7-8,23,26H2,1-6H3. The van der Waals surface area contributed by atoms with Crippen LogP contribution in [0.2, 0.25) is 0 Å². The number of hydrogen-bond donors (Lipinski definition) is 1. The zero-order chi connectivity index (χ0) is 28.0. The van der Waals surface area contributed by atoms with E-state index in [1.807, 2.05) is 0 Å². The molecule has 204 valence electrons. The number of aromatic hydroxyl groups is 1. The highest BCUT2D eigenvalue weighted by atomic mass is 31.1. The zero-order valence-corrected chi connectivity index (χ0v) is 25.5. The van der Waals surface area contributed by atoms with Gasteiger partial charge in [0.15, 0.2) is 0 Å². The summed E-state index contributed by atoms with van der Waals surface area (Å²) in [5, 5.41) is 13.0. The Hall–Kier alpha value is -3.09. The Kier molecular flexibility index (Phi) is 9.19. The molecule has 0 amide bonds. The zero-order valence-electron chi connectivity index (χ0n) is 24.5. The molecule has 0 aliphatic heterocycles. The van der Waals surface area contributed by atoms with E-state index >= 15 is 0 Å². The summed E-state index contributed by atoms with van der Waals surface area (Å²) in [5.74, 6) is 0.489. The van der Waals surface area contributed by atoms with E-state index in [2.05, 4.69) is 144 Å². The number of anilines is 2. The van der Waals surface area contributed by atoms with E-state index in [1.54, 1.807) is 0 Å². The Bertz CT molecular complexity index is 1320. The molecule has 0 aromatic heterocycles. The molecule has 4 aromatic rings. The van der Waals surface area contributed by atoms with E-state index in [-0.39, 0.29) is 10.6 Å². The lowest BCUT2D eigenvalue weighted by molar-refractivity contribution is 0.420. The molecule has 0 aliphatic carbocycles. The van der Waals surface area contributed by atoms with E-state index < -0.39 is 0 Å². The summed E-state index contributed by atoms with van der Waals surface area (Å²) in [7, 11) is 0.550. The lowest BCUT2D eigenvalue weighted by Gasteiger charge is -2.37. The summed E-state index contributed by atoms with van der Waals surface area (Å²) in [5.41, 5.74) is 6.96. The van der Waals surface area contributed by atoms with Gasteiger partial charge in [0.2, 0.25) is 0 Å². The highest BCUT2D eigenvalue weighted by Crippen LogP contribution is 2.53. The van der Waals surface area contributed by atoms with Crippen molar-refractivity contribution in [2.24, 2.45) is 0 Å². The second-order valence-electron chi connectivity index (χ2n) is 11.7. The van der Waals surface area contributed by atoms with Gasteiger partial charge in [0, 0.05) is 28.6 Å². The average molecular weight is 538 g/mol. The molecule has 0 spiro atoms. The van der Waals surface area contributed by atoms with Crippen LogP contribution in [0, 0.1) is 6.92 Å². The van der Waals surface area contributed by atoms with Crippen LogP contribution in [0.25, 0.3) is 0 Å². The fourth-order valence-corrected chi connectivity index (χ4v) is 7.51. The van der Waals surface area contributed by atoms with E-state index in [4.69, 9.17) is 0 Å². The molecular formula is C36H44NOP. The summed E-state index contributed by atoms with van der Waals surface area (Å²) in [6, 6.07) is 34.6.